The molecule has 0 saturated carbocycles. The Balaban J connectivity index is 3.31. The number of hydrogen-bond acceptors (Lipinski definition) is 1. The molecule has 0 bridgehead atoms. The van der Waals surface area contributed by atoms with Gasteiger partial charge in [0, 0.05) is 7.11 Å². The predicted molar refractivity (Wildman–Crippen MR) is 36.2 cm³/mol. The third-order valence-electron chi connectivity index (χ3n) is 1.24. The number of alkyl halides is 1. The van der Waals surface area contributed by atoms with Gasteiger partial charge in [-0.3, -0.25) is 0 Å². The maximum atomic E-state index is 11.9. The highest BCUT2D eigenvalue weighted by Gasteiger charge is 2.07. The van der Waals surface area contributed by atoms with E-state index >= 15 is 0 Å². The van der Waals surface area contributed by atoms with Gasteiger partial charge in [-0.2, -0.15) is 0 Å². The highest BCUT2D eigenvalue weighted by atomic mass is 19.1. The molecular formula is C7H15FO. The molecular weight excluding hydrogens is 119 g/mol. The van der Waals surface area contributed by atoms with Gasteiger partial charge in [-0.15, -0.1) is 0 Å². The van der Waals surface area contributed by atoms with Gasteiger partial charge in [0.05, 0.1) is 6.10 Å². The van der Waals surface area contributed by atoms with Gasteiger partial charge in [-0.1, -0.05) is 13.8 Å². The SMILES string of the molecule is COC(CF)CC(C)C. The molecule has 2 heteroatoms. The Kier molecular flexibility index (Phi) is 4.68. The topological polar surface area (TPSA) is 9.23 Å². The van der Waals surface area contributed by atoms with Crippen molar-refractivity contribution in [2.45, 2.75) is 26.4 Å². The van der Waals surface area contributed by atoms with E-state index in [1.807, 2.05) is 0 Å². The second-order valence-corrected chi connectivity index (χ2v) is 2.64. The molecule has 0 radical (unpaired) electrons. The van der Waals surface area contributed by atoms with Crippen LogP contribution in [0.4, 0.5) is 4.39 Å². The summed E-state index contributed by atoms with van der Waals surface area (Å²) in [6.07, 6.45) is 0.623. The summed E-state index contributed by atoms with van der Waals surface area (Å²) in [5.41, 5.74) is 0. The maximum Gasteiger partial charge on any atom is 0.116 e. The van der Waals surface area contributed by atoms with Crippen molar-refractivity contribution >= 4 is 0 Å². The van der Waals surface area contributed by atoms with Gasteiger partial charge in [-0.25, -0.2) is 4.39 Å². The Morgan fingerprint density at radius 2 is 2.00 bits per heavy atom. The molecule has 9 heavy (non-hydrogen) atoms. The molecule has 1 atom stereocenters. The molecule has 0 rings (SSSR count). The zero-order chi connectivity index (χ0) is 7.28. The molecule has 0 N–H and O–H groups in total. The largest absolute Gasteiger partial charge is 0.379 e. The molecule has 0 saturated heterocycles. The van der Waals surface area contributed by atoms with Gasteiger partial charge < -0.3 is 4.74 Å². The molecule has 0 spiro atoms. The summed E-state index contributed by atoms with van der Waals surface area (Å²) < 4.78 is 16.7. The summed E-state index contributed by atoms with van der Waals surface area (Å²) in [6, 6.07) is 0. The first-order chi connectivity index (χ1) is 4.20. The van der Waals surface area contributed by atoms with E-state index in [2.05, 4.69) is 13.8 Å². The minimum Gasteiger partial charge on any atom is -0.379 e. The normalized spacial score (nSPS) is 14.3. The fraction of sp³-hybridized carbons (Fsp3) is 1.00. The Labute approximate surface area is 56.2 Å². The summed E-state index contributed by atoms with van der Waals surface area (Å²) in [6.45, 7) is 3.75. The van der Waals surface area contributed by atoms with Crippen LogP contribution in [0.5, 0.6) is 0 Å². The fourth-order valence-electron chi connectivity index (χ4n) is 0.748. The molecule has 0 aromatic carbocycles. The number of ether oxygens (including phenoxy) is 1. The van der Waals surface area contributed by atoms with Crippen LogP contribution in [0.2, 0.25) is 0 Å². The van der Waals surface area contributed by atoms with Crippen LogP contribution >= 0.6 is 0 Å². The molecule has 0 fully saturated rings. The third kappa shape index (κ3) is 4.40. The van der Waals surface area contributed by atoms with Gasteiger partial charge in [-0.05, 0) is 12.3 Å². The van der Waals surface area contributed by atoms with Crippen molar-refractivity contribution < 1.29 is 9.13 Å². The molecule has 1 unspecified atom stereocenters. The highest BCUT2D eigenvalue weighted by Crippen LogP contribution is 2.07. The van der Waals surface area contributed by atoms with Crippen LogP contribution in [0.25, 0.3) is 0 Å². The van der Waals surface area contributed by atoms with Crippen molar-refractivity contribution in [3.63, 3.8) is 0 Å². The van der Waals surface area contributed by atoms with Crippen molar-refractivity contribution in [2.24, 2.45) is 5.92 Å². The average Bonchev–Trinajstić information content (AvgIpc) is 1.82. The van der Waals surface area contributed by atoms with Gasteiger partial charge in [0.1, 0.15) is 6.67 Å². The molecule has 0 heterocycles. The Morgan fingerprint density at radius 3 is 2.11 bits per heavy atom. The monoisotopic (exact) mass is 134 g/mol. The van der Waals surface area contributed by atoms with Crippen molar-refractivity contribution in [2.75, 3.05) is 13.8 Å². The maximum absolute atomic E-state index is 11.9. The number of rotatable bonds is 4. The molecule has 0 aromatic rings. The third-order valence-corrected chi connectivity index (χ3v) is 1.24. The van der Waals surface area contributed by atoms with Gasteiger partial charge in [0.15, 0.2) is 0 Å². The van der Waals surface area contributed by atoms with E-state index in [0.717, 1.165) is 6.42 Å². The average molecular weight is 134 g/mol. The lowest BCUT2D eigenvalue weighted by atomic mass is 10.1. The van der Waals surface area contributed by atoms with E-state index in [1.54, 1.807) is 7.11 Å². The summed E-state index contributed by atoms with van der Waals surface area (Å²) in [7, 11) is 1.55. The van der Waals surface area contributed by atoms with Crippen LogP contribution in [-0.2, 0) is 4.74 Å². The zero-order valence-corrected chi connectivity index (χ0v) is 6.36. The Bertz CT molecular complexity index is 59.9. The fourth-order valence-corrected chi connectivity index (χ4v) is 0.748. The standard InChI is InChI=1S/C7H15FO/c1-6(2)4-7(5-8)9-3/h6-7H,4-5H2,1-3H3. The van der Waals surface area contributed by atoms with Crippen molar-refractivity contribution in [1.82, 2.24) is 0 Å². The zero-order valence-electron chi connectivity index (χ0n) is 6.36. The molecule has 0 aliphatic carbocycles. The van der Waals surface area contributed by atoms with Gasteiger partial charge in [0.2, 0.25) is 0 Å². The number of halogens is 1. The second-order valence-electron chi connectivity index (χ2n) is 2.64. The smallest absolute Gasteiger partial charge is 0.116 e. The van der Waals surface area contributed by atoms with Crippen LogP contribution in [0.3, 0.4) is 0 Å². The second kappa shape index (κ2) is 4.74. The minimum absolute atomic E-state index is 0.190. The summed E-state index contributed by atoms with van der Waals surface area (Å²) in [5, 5.41) is 0. The molecule has 56 valence electrons. The van der Waals surface area contributed by atoms with E-state index in [0.29, 0.717) is 5.92 Å². The predicted octanol–water partition coefficient (Wildman–Crippen LogP) is 2.02. The first kappa shape index (κ1) is 8.89. The highest BCUT2D eigenvalue weighted by molar-refractivity contribution is 4.57. The Hall–Kier alpha value is -0.110. The molecule has 1 nitrogen and oxygen atoms in total. The van der Waals surface area contributed by atoms with Crippen LogP contribution in [-0.4, -0.2) is 19.9 Å². The van der Waals surface area contributed by atoms with E-state index < -0.39 is 0 Å². The minimum atomic E-state index is -0.366. The first-order valence-corrected chi connectivity index (χ1v) is 3.29. The van der Waals surface area contributed by atoms with Crippen molar-refractivity contribution in [1.29, 1.82) is 0 Å². The van der Waals surface area contributed by atoms with E-state index in [-0.39, 0.29) is 12.8 Å². The van der Waals surface area contributed by atoms with Crippen molar-refractivity contribution in [3.05, 3.63) is 0 Å². The van der Waals surface area contributed by atoms with Crippen LogP contribution in [0, 0.1) is 5.92 Å². The first-order valence-electron chi connectivity index (χ1n) is 3.29. The summed E-state index contributed by atoms with van der Waals surface area (Å²) in [5.74, 6) is 0.519. The molecule has 0 aromatic heterocycles. The lowest BCUT2D eigenvalue weighted by Crippen LogP contribution is -2.15. The number of hydrogen-bond donors (Lipinski definition) is 0. The lowest BCUT2D eigenvalue weighted by Gasteiger charge is -2.12. The number of methoxy groups -OCH3 is 1. The van der Waals surface area contributed by atoms with E-state index in [1.165, 1.54) is 0 Å². The van der Waals surface area contributed by atoms with Crippen LogP contribution in [0.15, 0.2) is 0 Å². The van der Waals surface area contributed by atoms with E-state index in [9.17, 15) is 4.39 Å². The van der Waals surface area contributed by atoms with Crippen LogP contribution in [0.1, 0.15) is 20.3 Å². The molecule has 0 amide bonds. The Morgan fingerprint density at radius 1 is 1.44 bits per heavy atom. The summed E-state index contributed by atoms with van der Waals surface area (Å²) in [4.78, 5) is 0. The molecule has 0 aliphatic rings. The van der Waals surface area contributed by atoms with Crippen LogP contribution < -0.4 is 0 Å². The quantitative estimate of drug-likeness (QED) is 0.571. The van der Waals surface area contributed by atoms with Gasteiger partial charge >= 0.3 is 0 Å². The molecule has 0 aliphatic heterocycles. The van der Waals surface area contributed by atoms with Crippen molar-refractivity contribution in [3.8, 4) is 0 Å². The lowest BCUT2D eigenvalue weighted by molar-refractivity contribution is 0.0630. The van der Waals surface area contributed by atoms with Gasteiger partial charge in [0.25, 0.3) is 0 Å². The van der Waals surface area contributed by atoms with E-state index in [4.69, 9.17) is 4.74 Å². The summed E-state index contributed by atoms with van der Waals surface area (Å²) >= 11 is 0.